The van der Waals surface area contributed by atoms with Crippen molar-refractivity contribution >= 4 is 0 Å². The molecular formula is C13H16N2O. The SMILES string of the molecule is CC(C)Oc1cccc(-c2nccn2C)c1. The molecule has 0 unspecified atom stereocenters. The molecule has 0 bridgehead atoms. The quantitative estimate of drug-likeness (QED) is 0.788. The highest BCUT2D eigenvalue weighted by Crippen LogP contribution is 2.22. The molecule has 0 amide bonds. The lowest BCUT2D eigenvalue weighted by atomic mass is 10.2. The van der Waals surface area contributed by atoms with Crippen LogP contribution in [0.1, 0.15) is 13.8 Å². The van der Waals surface area contributed by atoms with Crippen molar-refractivity contribution in [2.75, 3.05) is 0 Å². The normalized spacial score (nSPS) is 10.8. The van der Waals surface area contributed by atoms with Gasteiger partial charge < -0.3 is 9.30 Å². The lowest BCUT2D eigenvalue weighted by molar-refractivity contribution is 0.242. The lowest BCUT2D eigenvalue weighted by Gasteiger charge is -2.10. The summed E-state index contributed by atoms with van der Waals surface area (Å²) in [6, 6.07) is 8.01. The standard InChI is InChI=1S/C13H16N2O/c1-10(2)16-12-6-4-5-11(9-12)13-14-7-8-15(13)3/h4-10H,1-3H3. The van der Waals surface area contributed by atoms with Gasteiger partial charge in [-0.25, -0.2) is 4.98 Å². The van der Waals surface area contributed by atoms with E-state index in [1.807, 2.05) is 55.9 Å². The van der Waals surface area contributed by atoms with Crippen LogP contribution < -0.4 is 4.74 Å². The smallest absolute Gasteiger partial charge is 0.139 e. The van der Waals surface area contributed by atoms with Crippen LogP contribution in [-0.2, 0) is 7.05 Å². The van der Waals surface area contributed by atoms with Crippen molar-refractivity contribution in [3.63, 3.8) is 0 Å². The van der Waals surface area contributed by atoms with Gasteiger partial charge in [-0.2, -0.15) is 0 Å². The summed E-state index contributed by atoms with van der Waals surface area (Å²) in [4.78, 5) is 4.31. The minimum atomic E-state index is 0.191. The van der Waals surface area contributed by atoms with Gasteiger partial charge in [0.1, 0.15) is 11.6 Å². The molecule has 0 N–H and O–H groups in total. The molecule has 0 atom stereocenters. The van der Waals surface area contributed by atoms with Gasteiger partial charge in [0.2, 0.25) is 0 Å². The van der Waals surface area contributed by atoms with Crippen LogP contribution in [0.25, 0.3) is 11.4 Å². The van der Waals surface area contributed by atoms with E-state index in [9.17, 15) is 0 Å². The van der Waals surface area contributed by atoms with Crippen molar-refractivity contribution < 1.29 is 4.74 Å². The van der Waals surface area contributed by atoms with Crippen LogP contribution in [0.4, 0.5) is 0 Å². The number of imidazole rings is 1. The first kappa shape index (κ1) is 10.7. The molecule has 0 radical (unpaired) electrons. The highest BCUT2D eigenvalue weighted by Gasteiger charge is 2.05. The number of nitrogens with zero attached hydrogens (tertiary/aromatic N) is 2. The third-order valence-corrected chi connectivity index (χ3v) is 2.29. The Hall–Kier alpha value is -1.77. The average Bonchev–Trinajstić information content (AvgIpc) is 2.64. The highest BCUT2D eigenvalue weighted by molar-refractivity contribution is 5.57. The van der Waals surface area contributed by atoms with Crippen LogP contribution in [0.15, 0.2) is 36.7 Å². The molecule has 16 heavy (non-hydrogen) atoms. The van der Waals surface area contributed by atoms with Crippen molar-refractivity contribution in [1.82, 2.24) is 9.55 Å². The zero-order valence-corrected chi connectivity index (χ0v) is 9.84. The number of hydrogen-bond donors (Lipinski definition) is 0. The lowest BCUT2D eigenvalue weighted by Crippen LogP contribution is -2.05. The molecular weight excluding hydrogens is 200 g/mol. The van der Waals surface area contributed by atoms with E-state index in [0.29, 0.717) is 0 Å². The first-order chi connectivity index (χ1) is 7.66. The van der Waals surface area contributed by atoms with Gasteiger partial charge in [-0.1, -0.05) is 12.1 Å². The van der Waals surface area contributed by atoms with E-state index in [1.165, 1.54) is 0 Å². The monoisotopic (exact) mass is 216 g/mol. The maximum atomic E-state index is 5.66. The summed E-state index contributed by atoms with van der Waals surface area (Å²) in [6.07, 6.45) is 3.92. The molecule has 0 saturated carbocycles. The van der Waals surface area contributed by atoms with Crippen molar-refractivity contribution in [3.8, 4) is 17.1 Å². The highest BCUT2D eigenvalue weighted by atomic mass is 16.5. The zero-order valence-electron chi connectivity index (χ0n) is 9.84. The summed E-state index contributed by atoms with van der Waals surface area (Å²) < 4.78 is 7.65. The van der Waals surface area contributed by atoms with Crippen LogP contribution in [0.3, 0.4) is 0 Å². The summed E-state index contributed by atoms with van der Waals surface area (Å²) in [6.45, 7) is 4.04. The van der Waals surface area contributed by atoms with Crippen LogP contribution in [-0.4, -0.2) is 15.7 Å². The Morgan fingerprint density at radius 1 is 1.31 bits per heavy atom. The summed E-state index contributed by atoms with van der Waals surface area (Å²) in [5, 5.41) is 0. The summed E-state index contributed by atoms with van der Waals surface area (Å²) >= 11 is 0. The Kier molecular flexibility index (Phi) is 2.95. The van der Waals surface area contributed by atoms with E-state index in [0.717, 1.165) is 17.1 Å². The second-order valence-electron chi connectivity index (χ2n) is 4.06. The van der Waals surface area contributed by atoms with Crippen LogP contribution in [0, 0.1) is 0 Å². The Balaban J connectivity index is 2.33. The van der Waals surface area contributed by atoms with E-state index < -0.39 is 0 Å². The summed E-state index contributed by atoms with van der Waals surface area (Å²) in [5.74, 6) is 1.84. The molecule has 1 aromatic carbocycles. The van der Waals surface area contributed by atoms with Gasteiger partial charge >= 0.3 is 0 Å². The number of hydrogen-bond acceptors (Lipinski definition) is 2. The molecule has 1 heterocycles. The predicted molar refractivity (Wildman–Crippen MR) is 64.4 cm³/mol. The summed E-state index contributed by atoms with van der Waals surface area (Å²) in [7, 11) is 1.98. The van der Waals surface area contributed by atoms with E-state index >= 15 is 0 Å². The molecule has 1 aromatic heterocycles. The summed E-state index contributed by atoms with van der Waals surface area (Å²) in [5.41, 5.74) is 1.07. The molecule has 84 valence electrons. The topological polar surface area (TPSA) is 27.1 Å². The Labute approximate surface area is 95.7 Å². The van der Waals surface area contributed by atoms with Gasteiger partial charge in [-0.15, -0.1) is 0 Å². The molecule has 2 rings (SSSR count). The van der Waals surface area contributed by atoms with Crippen molar-refractivity contribution in [2.45, 2.75) is 20.0 Å². The molecule has 0 aliphatic heterocycles. The van der Waals surface area contributed by atoms with Crippen LogP contribution >= 0.6 is 0 Å². The molecule has 3 heteroatoms. The first-order valence-corrected chi connectivity index (χ1v) is 5.41. The van der Waals surface area contributed by atoms with Gasteiger partial charge in [0.05, 0.1) is 6.10 Å². The van der Waals surface area contributed by atoms with Crippen molar-refractivity contribution in [1.29, 1.82) is 0 Å². The van der Waals surface area contributed by atoms with Gasteiger partial charge in [0.25, 0.3) is 0 Å². The van der Waals surface area contributed by atoms with E-state index in [4.69, 9.17) is 4.74 Å². The number of aryl methyl sites for hydroxylation is 1. The Morgan fingerprint density at radius 2 is 2.12 bits per heavy atom. The predicted octanol–water partition coefficient (Wildman–Crippen LogP) is 2.87. The van der Waals surface area contributed by atoms with E-state index in [2.05, 4.69) is 4.98 Å². The minimum absolute atomic E-state index is 0.191. The average molecular weight is 216 g/mol. The second kappa shape index (κ2) is 4.39. The Morgan fingerprint density at radius 3 is 2.75 bits per heavy atom. The molecule has 3 nitrogen and oxygen atoms in total. The maximum absolute atomic E-state index is 5.66. The van der Waals surface area contributed by atoms with Crippen molar-refractivity contribution in [3.05, 3.63) is 36.7 Å². The third-order valence-electron chi connectivity index (χ3n) is 2.29. The van der Waals surface area contributed by atoms with Crippen LogP contribution in [0.2, 0.25) is 0 Å². The number of ether oxygens (including phenoxy) is 1. The fourth-order valence-corrected chi connectivity index (χ4v) is 1.62. The first-order valence-electron chi connectivity index (χ1n) is 5.41. The van der Waals surface area contributed by atoms with Gasteiger partial charge in [-0.3, -0.25) is 0 Å². The maximum Gasteiger partial charge on any atom is 0.139 e. The minimum Gasteiger partial charge on any atom is -0.491 e. The third kappa shape index (κ3) is 2.24. The molecule has 0 aliphatic carbocycles. The Bertz CT molecular complexity index is 474. The second-order valence-corrected chi connectivity index (χ2v) is 4.06. The van der Waals surface area contributed by atoms with Gasteiger partial charge in [-0.05, 0) is 26.0 Å². The fourth-order valence-electron chi connectivity index (χ4n) is 1.62. The molecule has 2 aromatic rings. The van der Waals surface area contributed by atoms with Crippen LogP contribution in [0.5, 0.6) is 5.75 Å². The molecule has 0 fully saturated rings. The van der Waals surface area contributed by atoms with E-state index in [1.54, 1.807) is 6.20 Å². The largest absolute Gasteiger partial charge is 0.491 e. The fraction of sp³-hybridized carbons (Fsp3) is 0.308. The number of rotatable bonds is 3. The number of aromatic nitrogens is 2. The van der Waals surface area contributed by atoms with Gasteiger partial charge in [0, 0.05) is 25.0 Å². The molecule has 0 spiro atoms. The van der Waals surface area contributed by atoms with Crippen molar-refractivity contribution in [2.24, 2.45) is 7.05 Å². The molecule has 0 aliphatic rings. The zero-order chi connectivity index (χ0) is 11.5. The van der Waals surface area contributed by atoms with E-state index in [-0.39, 0.29) is 6.10 Å². The number of benzene rings is 1. The van der Waals surface area contributed by atoms with Gasteiger partial charge in [0.15, 0.2) is 0 Å². The molecule has 0 saturated heterocycles.